The van der Waals surface area contributed by atoms with Crippen LogP contribution in [-0.2, 0) is 0 Å². The molecule has 0 N–H and O–H groups in total. The van der Waals surface area contributed by atoms with E-state index in [1.807, 2.05) is 24.3 Å². The van der Waals surface area contributed by atoms with Crippen LogP contribution in [0.5, 0.6) is 0 Å². The van der Waals surface area contributed by atoms with E-state index in [2.05, 4.69) is 16.8 Å². The van der Waals surface area contributed by atoms with Crippen molar-refractivity contribution in [3.8, 4) is 0 Å². The fourth-order valence-electron chi connectivity index (χ4n) is 2.53. The zero-order valence-electron chi connectivity index (χ0n) is 10.2. The largest absolute Gasteiger partial charge is 0.423 e. The standard InChI is InChI=1S/C14H18N2O/c1-2-11-7-9-16(10-8-11)14-15-12-5-3-4-6-13(12)17-14/h3-6,11H,2,7-10H2,1H3. The monoisotopic (exact) mass is 230 g/mol. The van der Waals surface area contributed by atoms with Crippen molar-refractivity contribution in [3.05, 3.63) is 24.3 Å². The van der Waals surface area contributed by atoms with Crippen LogP contribution in [0, 0.1) is 5.92 Å². The van der Waals surface area contributed by atoms with Gasteiger partial charge in [0.2, 0.25) is 0 Å². The molecule has 1 aliphatic rings. The average Bonchev–Trinajstić information content (AvgIpc) is 2.82. The number of aromatic nitrogens is 1. The maximum atomic E-state index is 5.79. The molecule has 0 saturated carbocycles. The Labute approximate surface area is 101 Å². The molecule has 17 heavy (non-hydrogen) atoms. The van der Waals surface area contributed by atoms with E-state index in [4.69, 9.17) is 4.42 Å². The fraction of sp³-hybridized carbons (Fsp3) is 0.500. The van der Waals surface area contributed by atoms with E-state index in [-0.39, 0.29) is 0 Å². The van der Waals surface area contributed by atoms with Crippen molar-refractivity contribution >= 4 is 17.1 Å². The van der Waals surface area contributed by atoms with Crippen molar-refractivity contribution < 1.29 is 4.42 Å². The number of piperidine rings is 1. The van der Waals surface area contributed by atoms with Crippen molar-refractivity contribution in [1.29, 1.82) is 0 Å². The number of benzene rings is 1. The van der Waals surface area contributed by atoms with Gasteiger partial charge in [-0.25, -0.2) is 0 Å². The summed E-state index contributed by atoms with van der Waals surface area (Å²) in [6, 6.07) is 8.75. The Kier molecular flexibility index (Phi) is 2.75. The maximum Gasteiger partial charge on any atom is 0.298 e. The molecule has 1 saturated heterocycles. The smallest absolute Gasteiger partial charge is 0.298 e. The van der Waals surface area contributed by atoms with Crippen LogP contribution in [0.1, 0.15) is 26.2 Å². The number of anilines is 1. The minimum Gasteiger partial charge on any atom is -0.423 e. The topological polar surface area (TPSA) is 29.3 Å². The molecule has 3 rings (SSSR count). The second kappa shape index (κ2) is 4.40. The van der Waals surface area contributed by atoms with Crippen molar-refractivity contribution in [3.63, 3.8) is 0 Å². The summed E-state index contributed by atoms with van der Waals surface area (Å²) in [4.78, 5) is 6.82. The van der Waals surface area contributed by atoms with Crippen LogP contribution >= 0.6 is 0 Å². The van der Waals surface area contributed by atoms with Crippen LogP contribution in [0.15, 0.2) is 28.7 Å². The lowest BCUT2D eigenvalue weighted by atomic mass is 9.95. The van der Waals surface area contributed by atoms with Gasteiger partial charge in [0, 0.05) is 13.1 Å². The Hall–Kier alpha value is -1.51. The maximum absolute atomic E-state index is 5.79. The molecule has 3 nitrogen and oxygen atoms in total. The van der Waals surface area contributed by atoms with E-state index in [9.17, 15) is 0 Å². The first-order chi connectivity index (χ1) is 8.36. The highest BCUT2D eigenvalue weighted by Crippen LogP contribution is 2.27. The van der Waals surface area contributed by atoms with Gasteiger partial charge in [0.15, 0.2) is 5.58 Å². The van der Waals surface area contributed by atoms with E-state index >= 15 is 0 Å². The first kappa shape index (κ1) is 10.6. The molecule has 1 aromatic heterocycles. The predicted molar refractivity (Wildman–Crippen MR) is 69.2 cm³/mol. The van der Waals surface area contributed by atoms with Gasteiger partial charge in [-0.1, -0.05) is 25.5 Å². The van der Waals surface area contributed by atoms with Gasteiger partial charge in [-0.2, -0.15) is 4.98 Å². The van der Waals surface area contributed by atoms with Gasteiger partial charge < -0.3 is 9.32 Å². The molecule has 0 unspecified atom stereocenters. The quantitative estimate of drug-likeness (QED) is 0.791. The second-order valence-corrected chi connectivity index (χ2v) is 4.80. The highest BCUT2D eigenvalue weighted by molar-refractivity contribution is 5.74. The van der Waals surface area contributed by atoms with Crippen LogP contribution in [0.25, 0.3) is 11.1 Å². The summed E-state index contributed by atoms with van der Waals surface area (Å²) in [7, 11) is 0. The Morgan fingerprint density at radius 1 is 1.29 bits per heavy atom. The number of fused-ring (bicyclic) bond motifs is 1. The normalized spacial score (nSPS) is 17.8. The van der Waals surface area contributed by atoms with Crippen LogP contribution in [-0.4, -0.2) is 18.1 Å². The minimum atomic E-state index is 0.792. The molecule has 0 bridgehead atoms. The number of para-hydroxylation sites is 2. The van der Waals surface area contributed by atoms with E-state index in [1.165, 1.54) is 19.3 Å². The van der Waals surface area contributed by atoms with Gasteiger partial charge in [0.25, 0.3) is 6.01 Å². The van der Waals surface area contributed by atoms with Crippen molar-refractivity contribution in [2.75, 3.05) is 18.0 Å². The zero-order valence-corrected chi connectivity index (χ0v) is 10.2. The lowest BCUT2D eigenvalue weighted by molar-refractivity contribution is 0.381. The molecule has 3 heteroatoms. The Morgan fingerprint density at radius 2 is 2.06 bits per heavy atom. The van der Waals surface area contributed by atoms with Crippen molar-refractivity contribution in [2.24, 2.45) is 5.92 Å². The highest BCUT2D eigenvalue weighted by Gasteiger charge is 2.21. The molecule has 2 heterocycles. The molecule has 1 aromatic carbocycles. The number of hydrogen-bond acceptors (Lipinski definition) is 3. The van der Waals surface area contributed by atoms with E-state index in [0.717, 1.165) is 36.1 Å². The lowest BCUT2D eigenvalue weighted by Crippen LogP contribution is -2.33. The highest BCUT2D eigenvalue weighted by atomic mass is 16.4. The van der Waals surface area contributed by atoms with Crippen LogP contribution in [0.2, 0.25) is 0 Å². The first-order valence-electron chi connectivity index (χ1n) is 6.47. The van der Waals surface area contributed by atoms with Gasteiger partial charge in [0.05, 0.1) is 0 Å². The summed E-state index contributed by atoms with van der Waals surface area (Å²) < 4.78 is 5.79. The first-order valence-corrected chi connectivity index (χ1v) is 6.47. The third kappa shape index (κ3) is 2.02. The summed E-state index contributed by atoms with van der Waals surface area (Å²) >= 11 is 0. The Morgan fingerprint density at radius 3 is 2.76 bits per heavy atom. The molecule has 0 radical (unpaired) electrons. The number of hydrogen-bond donors (Lipinski definition) is 0. The van der Waals surface area contributed by atoms with E-state index in [0.29, 0.717) is 0 Å². The molecular formula is C14H18N2O. The number of nitrogens with zero attached hydrogens (tertiary/aromatic N) is 2. The zero-order chi connectivity index (χ0) is 11.7. The number of oxazole rings is 1. The number of rotatable bonds is 2. The van der Waals surface area contributed by atoms with E-state index in [1.54, 1.807) is 0 Å². The minimum absolute atomic E-state index is 0.792. The van der Waals surface area contributed by atoms with Crippen LogP contribution in [0.4, 0.5) is 6.01 Å². The van der Waals surface area contributed by atoms with Gasteiger partial charge >= 0.3 is 0 Å². The Balaban J connectivity index is 1.80. The summed E-state index contributed by atoms with van der Waals surface area (Å²) in [5.41, 5.74) is 1.85. The van der Waals surface area contributed by atoms with Crippen LogP contribution < -0.4 is 4.90 Å². The summed E-state index contributed by atoms with van der Waals surface area (Å²) in [6.07, 6.45) is 3.81. The molecule has 0 spiro atoms. The summed E-state index contributed by atoms with van der Waals surface area (Å²) in [5, 5.41) is 0. The SMILES string of the molecule is CCC1CCN(c2nc3ccccc3o2)CC1. The molecule has 0 atom stereocenters. The molecular weight excluding hydrogens is 212 g/mol. The molecule has 1 fully saturated rings. The molecule has 1 aliphatic heterocycles. The lowest BCUT2D eigenvalue weighted by Gasteiger charge is -2.30. The summed E-state index contributed by atoms with van der Waals surface area (Å²) in [5.74, 6) is 0.885. The predicted octanol–water partition coefficient (Wildman–Crippen LogP) is 3.45. The molecule has 90 valence electrons. The molecule has 0 amide bonds. The average molecular weight is 230 g/mol. The molecule has 0 aliphatic carbocycles. The van der Waals surface area contributed by atoms with Gasteiger partial charge in [-0.05, 0) is 30.9 Å². The van der Waals surface area contributed by atoms with Crippen molar-refractivity contribution in [2.45, 2.75) is 26.2 Å². The van der Waals surface area contributed by atoms with E-state index < -0.39 is 0 Å². The molecule has 2 aromatic rings. The fourth-order valence-corrected chi connectivity index (χ4v) is 2.53. The van der Waals surface area contributed by atoms with Crippen molar-refractivity contribution in [1.82, 2.24) is 4.98 Å². The van der Waals surface area contributed by atoms with Gasteiger partial charge in [-0.3, -0.25) is 0 Å². The van der Waals surface area contributed by atoms with Crippen LogP contribution in [0.3, 0.4) is 0 Å². The van der Waals surface area contributed by atoms with Gasteiger partial charge in [-0.15, -0.1) is 0 Å². The Bertz CT molecular complexity index is 465. The second-order valence-electron chi connectivity index (χ2n) is 4.80. The summed E-state index contributed by atoms with van der Waals surface area (Å²) in [6.45, 7) is 4.43. The van der Waals surface area contributed by atoms with Gasteiger partial charge in [0.1, 0.15) is 5.52 Å². The third-order valence-electron chi connectivity index (χ3n) is 3.74. The third-order valence-corrected chi connectivity index (χ3v) is 3.74.